The molecule has 0 aliphatic rings. The van der Waals surface area contributed by atoms with Crippen LogP contribution in [0.5, 0.6) is 0 Å². The van der Waals surface area contributed by atoms with E-state index < -0.39 is 0 Å². The first-order valence-corrected chi connectivity index (χ1v) is 5.24. The lowest BCUT2D eigenvalue weighted by atomic mass is 10.2. The summed E-state index contributed by atoms with van der Waals surface area (Å²) in [4.78, 5) is 13.2. The number of carbonyl (C=O) groups is 1. The van der Waals surface area contributed by atoms with Crippen LogP contribution in [0.4, 0.5) is 4.79 Å². The van der Waals surface area contributed by atoms with Crippen LogP contribution in [0.25, 0.3) is 0 Å². The highest BCUT2D eigenvalue weighted by atomic mass is 35.5. The smallest absolute Gasteiger partial charge is 0.415 e. The molecule has 0 radical (unpaired) electrons. The number of carbonyl (C=O) groups excluding carboxylic acids is 1. The third kappa shape index (κ3) is 4.51. The Labute approximate surface area is 90.7 Å². The Hall–Kier alpha value is -0.700. The van der Waals surface area contributed by atoms with Crippen LogP contribution in [0.1, 0.15) is 27.7 Å². The summed E-state index contributed by atoms with van der Waals surface area (Å²) >= 11 is 5.40. The van der Waals surface area contributed by atoms with Crippen molar-refractivity contribution in [3.05, 3.63) is 12.3 Å². The van der Waals surface area contributed by atoms with Crippen molar-refractivity contribution >= 4 is 17.7 Å². The number of amides is 1. The fourth-order valence-corrected chi connectivity index (χ4v) is 1.29. The molecule has 0 bridgehead atoms. The predicted octanol–water partition coefficient (Wildman–Crippen LogP) is 2.99. The number of alkyl halides is 1. The molecule has 4 heteroatoms. The number of rotatable bonds is 4. The van der Waals surface area contributed by atoms with E-state index in [2.05, 4.69) is 0 Å². The van der Waals surface area contributed by atoms with Gasteiger partial charge in [-0.15, -0.1) is 11.6 Å². The minimum absolute atomic E-state index is 0.131. The minimum atomic E-state index is -0.337. The summed E-state index contributed by atoms with van der Waals surface area (Å²) in [5.74, 6) is 0.344. The number of hydrogen-bond acceptors (Lipinski definition) is 2. The molecular formula is C10H18ClNO2. The molecule has 14 heavy (non-hydrogen) atoms. The second kappa shape index (κ2) is 6.71. The van der Waals surface area contributed by atoms with Crippen molar-refractivity contribution in [2.24, 2.45) is 0 Å². The van der Waals surface area contributed by atoms with Gasteiger partial charge in [-0.25, -0.2) is 4.79 Å². The summed E-state index contributed by atoms with van der Waals surface area (Å²) in [6.07, 6.45) is 2.57. The zero-order chi connectivity index (χ0) is 11.1. The number of allylic oxidation sites excluding steroid dienone is 1. The average Bonchev–Trinajstić information content (AvgIpc) is 2.03. The Kier molecular flexibility index (Phi) is 6.37. The number of nitrogens with zero attached hydrogens (tertiary/aromatic N) is 1. The fourth-order valence-electron chi connectivity index (χ4n) is 1.22. The van der Waals surface area contributed by atoms with Crippen LogP contribution >= 0.6 is 11.6 Å². The summed E-state index contributed by atoms with van der Waals surface area (Å²) in [7, 11) is 0. The van der Waals surface area contributed by atoms with Gasteiger partial charge in [0.1, 0.15) is 0 Å². The van der Waals surface area contributed by atoms with Crippen LogP contribution in [0.15, 0.2) is 12.3 Å². The molecule has 3 nitrogen and oxygen atoms in total. The minimum Gasteiger partial charge on any atom is -0.418 e. The summed E-state index contributed by atoms with van der Waals surface area (Å²) in [5, 5.41) is 0. The first-order chi connectivity index (χ1) is 6.50. The Morgan fingerprint density at radius 1 is 1.36 bits per heavy atom. The van der Waals surface area contributed by atoms with E-state index in [0.29, 0.717) is 5.88 Å². The molecule has 1 amide bonds. The van der Waals surface area contributed by atoms with Gasteiger partial charge in [0.25, 0.3) is 0 Å². The highest BCUT2D eigenvalue weighted by Crippen LogP contribution is 2.07. The van der Waals surface area contributed by atoms with E-state index in [1.807, 2.05) is 27.7 Å². The third-order valence-corrected chi connectivity index (χ3v) is 1.86. The maximum Gasteiger partial charge on any atom is 0.415 e. The Morgan fingerprint density at radius 3 is 2.21 bits per heavy atom. The van der Waals surface area contributed by atoms with E-state index in [0.717, 1.165) is 0 Å². The summed E-state index contributed by atoms with van der Waals surface area (Å²) in [5.41, 5.74) is 0. The predicted molar refractivity (Wildman–Crippen MR) is 58.5 cm³/mol. The molecule has 0 aromatic heterocycles. The molecule has 0 aliphatic carbocycles. The van der Waals surface area contributed by atoms with Crippen molar-refractivity contribution in [1.82, 2.24) is 4.90 Å². The number of hydrogen-bond donors (Lipinski definition) is 0. The zero-order valence-corrected chi connectivity index (χ0v) is 9.91. The number of ether oxygens (including phenoxy) is 1. The molecule has 0 N–H and O–H groups in total. The molecule has 0 atom stereocenters. The van der Waals surface area contributed by atoms with Crippen molar-refractivity contribution in [3.8, 4) is 0 Å². The Balaban J connectivity index is 4.23. The molecule has 0 heterocycles. The lowest BCUT2D eigenvalue weighted by molar-refractivity contribution is 0.109. The topological polar surface area (TPSA) is 29.5 Å². The normalized spacial score (nSPS) is 11.4. The van der Waals surface area contributed by atoms with Crippen molar-refractivity contribution in [1.29, 1.82) is 0 Å². The molecule has 0 spiro atoms. The lowest BCUT2D eigenvalue weighted by Gasteiger charge is -2.28. The van der Waals surface area contributed by atoms with Crippen molar-refractivity contribution in [2.45, 2.75) is 39.8 Å². The van der Waals surface area contributed by atoms with Crippen molar-refractivity contribution in [2.75, 3.05) is 5.88 Å². The van der Waals surface area contributed by atoms with Gasteiger partial charge in [0.05, 0.1) is 6.26 Å². The first kappa shape index (κ1) is 13.3. The van der Waals surface area contributed by atoms with E-state index in [9.17, 15) is 4.79 Å². The van der Waals surface area contributed by atoms with Gasteiger partial charge in [-0.2, -0.15) is 0 Å². The van der Waals surface area contributed by atoms with Gasteiger partial charge in [0, 0.05) is 18.0 Å². The number of halogens is 1. The van der Waals surface area contributed by atoms with E-state index in [1.54, 1.807) is 11.0 Å². The van der Waals surface area contributed by atoms with Crippen LogP contribution in [0, 0.1) is 0 Å². The van der Waals surface area contributed by atoms with Gasteiger partial charge in [0.2, 0.25) is 0 Å². The highest BCUT2D eigenvalue weighted by Gasteiger charge is 2.20. The molecule has 0 unspecified atom stereocenters. The third-order valence-electron chi connectivity index (χ3n) is 1.68. The molecular weight excluding hydrogens is 202 g/mol. The molecule has 0 aromatic carbocycles. The summed E-state index contributed by atoms with van der Waals surface area (Å²) in [6, 6.07) is 0.263. The molecule has 0 rings (SSSR count). The fraction of sp³-hybridized carbons (Fsp3) is 0.700. The molecule has 82 valence electrons. The summed E-state index contributed by atoms with van der Waals surface area (Å²) in [6.45, 7) is 7.80. The van der Waals surface area contributed by atoms with Crippen LogP contribution in [0.3, 0.4) is 0 Å². The van der Waals surface area contributed by atoms with E-state index in [-0.39, 0.29) is 18.2 Å². The average molecular weight is 220 g/mol. The van der Waals surface area contributed by atoms with Crippen LogP contribution in [-0.2, 0) is 4.74 Å². The highest BCUT2D eigenvalue weighted by molar-refractivity contribution is 6.18. The monoisotopic (exact) mass is 219 g/mol. The van der Waals surface area contributed by atoms with Gasteiger partial charge in [0.15, 0.2) is 0 Å². The molecule has 0 fully saturated rings. The molecule has 0 aliphatic heterocycles. The molecule has 0 saturated heterocycles. The van der Waals surface area contributed by atoms with Gasteiger partial charge in [-0.05, 0) is 33.8 Å². The summed E-state index contributed by atoms with van der Waals surface area (Å²) < 4.78 is 4.89. The van der Waals surface area contributed by atoms with Crippen LogP contribution < -0.4 is 0 Å². The van der Waals surface area contributed by atoms with Gasteiger partial charge < -0.3 is 9.64 Å². The zero-order valence-electron chi connectivity index (χ0n) is 9.16. The Bertz CT molecular complexity index is 194. The van der Waals surface area contributed by atoms with E-state index in [4.69, 9.17) is 16.3 Å². The van der Waals surface area contributed by atoms with Crippen molar-refractivity contribution < 1.29 is 9.53 Å². The SMILES string of the molecule is CC(C)N(C(=O)OC=CCCl)C(C)C. The second-order valence-electron chi connectivity index (χ2n) is 3.50. The van der Waals surface area contributed by atoms with Gasteiger partial charge >= 0.3 is 6.09 Å². The largest absolute Gasteiger partial charge is 0.418 e. The maximum atomic E-state index is 11.5. The second-order valence-corrected chi connectivity index (χ2v) is 3.81. The Morgan fingerprint density at radius 2 is 1.86 bits per heavy atom. The first-order valence-electron chi connectivity index (χ1n) is 4.70. The molecule has 0 saturated carbocycles. The van der Waals surface area contributed by atoms with Crippen LogP contribution in [0.2, 0.25) is 0 Å². The standard InChI is InChI=1S/C10H18ClNO2/c1-8(2)12(9(3)4)10(13)14-7-5-6-11/h5,7-9H,6H2,1-4H3. The van der Waals surface area contributed by atoms with Gasteiger partial charge in [-0.3, -0.25) is 0 Å². The van der Waals surface area contributed by atoms with Crippen molar-refractivity contribution in [3.63, 3.8) is 0 Å². The lowest BCUT2D eigenvalue weighted by Crippen LogP contribution is -2.41. The maximum absolute atomic E-state index is 11.5. The van der Waals surface area contributed by atoms with E-state index in [1.165, 1.54) is 6.26 Å². The van der Waals surface area contributed by atoms with E-state index >= 15 is 0 Å². The molecule has 0 aromatic rings. The quantitative estimate of drug-likeness (QED) is 0.538. The van der Waals surface area contributed by atoms with Crippen LogP contribution in [-0.4, -0.2) is 29.0 Å². The van der Waals surface area contributed by atoms with Gasteiger partial charge in [-0.1, -0.05) is 0 Å².